The van der Waals surface area contributed by atoms with Crippen molar-refractivity contribution in [2.24, 2.45) is 0 Å². The van der Waals surface area contributed by atoms with E-state index in [-0.39, 0.29) is 6.03 Å². The number of nitrogens with zero attached hydrogens (tertiary/aromatic N) is 3. The summed E-state index contributed by atoms with van der Waals surface area (Å²) in [6, 6.07) is -0.323. The van der Waals surface area contributed by atoms with Crippen molar-refractivity contribution < 1.29 is 4.79 Å². The van der Waals surface area contributed by atoms with E-state index >= 15 is 0 Å². The van der Waals surface area contributed by atoms with Crippen LogP contribution in [-0.2, 0) is 0 Å². The van der Waals surface area contributed by atoms with Crippen LogP contribution < -0.4 is 10.6 Å². The Bertz CT molecular complexity index is 587. The third kappa shape index (κ3) is 2.70. The SMILES string of the molecule is Cc1ncc(NC(=O)Nc2cn[nH]c2C2CC2)cn1. The molecular formula is C12H14N6O. The van der Waals surface area contributed by atoms with Crippen LogP contribution in [0.1, 0.15) is 30.3 Å². The van der Waals surface area contributed by atoms with Gasteiger partial charge in [-0.2, -0.15) is 5.10 Å². The molecule has 19 heavy (non-hydrogen) atoms. The monoisotopic (exact) mass is 258 g/mol. The van der Waals surface area contributed by atoms with Crippen molar-refractivity contribution in [3.8, 4) is 0 Å². The number of anilines is 2. The van der Waals surface area contributed by atoms with Gasteiger partial charge < -0.3 is 10.6 Å². The molecule has 7 heteroatoms. The minimum atomic E-state index is -0.323. The number of aromatic amines is 1. The van der Waals surface area contributed by atoms with Crippen LogP contribution in [-0.4, -0.2) is 26.2 Å². The molecule has 2 amide bonds. The first-order chi connectivity index (χ1) is 9.22. The van der Waals surface area contributed by atoms with Crippen LogP contribution in [0.15, 0.2) is 18.6 Å². The van der Waals surface area contributed by atoms with Gasteiger partial charge in [-0.05, 0) is 19.8 Å². The van der Waals surface area contributed by atoms with E-state index in [0.29, 0.717) is 17.4 Å². The number of nitrogens with one attached hydrogen (secondary N) is 3. The molecule has 98 valence electrons. The third-order valence-corrected chi connectivity index (χ3v) is 2.94. The number of aryl methyl sites for hydroxylation is 1. The highest BCUT2D eigenvalue weighted by molar-refractivity contribution is 5.99. The molecule has 7 nitrogen and oxygen atoms in total. The van der Waals surface area contributed by atoms with Crippen molar-refractivity contribution >= 4 is 17.4 Å². The van der Waals surface area contributed by atoms with Crippen molar-refractivity contribution in [1.82, 2.24) is 20.2 Å². The molecule has 2 aromatic rings. The van der Waals surface area contributed by atoms with Crippen LogP contribution in [0.5, 0.6) is 0 Å². The van der Waals surface area contributed by atoms with E-state index < -0.39 is 0 Å². The fourth-order valence-corrected chi connectivity index (χ4v) is 1.82. The Morgan fingerprint density at radius 1 is 1.26 bits per heavy atom. The summed E-state index contributed by atoms with van der Waals surface area (Å²) in [5.41, 5.74) is 2.28. The van der Waals surface area contributed by atoms with Gasteiger partial charge in [0.2, 0.25) is 0 Å². The minimum Gasteiger partial charge on any atom is -0.305 e. The number of H-pyrrole nitrogens is 1. The van der Waals surface area contributed by atoms with E-state index in [1.807, 2.05) is 0 Å². The fraction of sp³-hybridized carbons (Fsp3) is 0.333. The number of carbonyl (C=O) groups is 1. The molecule has 0 unspecified atom stereocenters. The normalized spacial score (nSPS) is 14.2. The second-order valence-corrected chi connectivity index (χ2v) is 4.57. The molecule has 1 aliphatic carbocycles. The average Bonchev–Trinajstić information content (AvgIpc) is 3.13. The highest BCUT2D eigenvalue weighted by Gasteiger charge is 2.28. The Balaban J connectivity index is 1.64. The second kappa shape index (κ2) is 4.68. The van der Waals surface area contributed by atoms with Crippen molar-refractivity contribution in [1.29, 1.82) is 0 Å². The predicted octanol–water partition coefficient (Wildman–Crippen LogP) is 2.03. The molecule has 1 fully saturated rings. The summed E-state index contributed by atoms with van der Waals surface area (Å²) in [6.45, 7) is 1.79. The topological polar surface area (TPSA) is 95.6 Å². The van der Waals surface area contributed by atoms with Crippen LogP contribution >= 0.6 is 0 Å². The van der Waals surface area contributed by atoms with Gasteiger partial charge in [-0.15, -0.1) is 0 Å². The molecule has 0 aliphatic heterocycles. The zero-order chi connectivity index (χ0) is 13.2. The maximum atomic E-state index is 11.8. The van der Waals surface area contributed by atoms with Crippen molar-refractivity contribution in [2.75, 3.05) is 10.6 Å². The van der Waals surface area contributed by atoms with E-state index in [9.17, 15) is 4.79 Å². The second-order valence-electron chi connectivity index (χ2n) is 4.57. The number of hydrogen-bond acceptors (Lipinski definition) is 4. The quantitative estimate of drug-likeness (QED) is 0.784. The van der Waals surface area contributed by atoms with E-state index in [1.54, 1.807) is 25.5 Å². The summed E-state index contributed by atoms with van der Waals surface area (Å²) in [6.07, 6.45) is 7.05. The smallest absolute Gasteiger partial charge is 0.305 e. The summed E-state index contributed by atoms with van der Waals surface area (Å²) in [5, 5.41) is 12.3. The van der Waals surface area contributed by atoms with Crippen molar-refractivity contribution in [2.45, 2.75) is 25.7 Å². The zero-order valence-electron chi connectivity index (χ0n) is 10.5. The summed E-state index contributed by atoms with van der Waals surface area (Å²) in [7, 11) is 0. The first-order valence-corrected chi connectivity index (χ1v) is 6.12. The molecule has 1 saturated carbocycles. The molecule has 3 N–H and O–H groups in total. The molecule has 0 bridgehead atoms. The van der Waals surface area contributed by atoms with E-state index in [1.165, 1.54) is 0 Å². The highest BCUT2D eigenvalue weighted by Crippen LogP contribution is 2.42. The minimum absolute atomic E-state index is 0.323. The lowest BCUT2D eigenvalue weighted by Gasteiger charge is -2.07. The lowest BCUT2D eigenvalue weighted by Crippen LogP contribution is -2.20. The van der Waals surface area contributed by atoms with Crippen molar-refractivity contribution in [3.05, 3.63) is 30.1 Å². The number of amides is 2. The molecule has 0 saturated heterocycles. The average molecular weight is 258 g/mol. The Labute approximate surface area is 109 Å². The maximum absolute atomic E-state index is 11.8. The Morgan fingerprint density at radius 2 is 2.00 bits per heavy atom. The van der Waals surface area contributed by atoms with Gasteiger partial charge in [-0.3, -0.25) is 5.10 Å². The molecule has 3 rings (SSSR count). The Kier molecular flexibility index (Phi) is 2.86. The highest BCUT2D eigenvalue weighted by atomic mass is 16.2. The van der Waals surface area contributed by atoms with Gasteiger partial charge >= 0.3 is 6.03 Å². The van der Waals surface area contributed by atoms with Crippen LogP contribution in [0.2, 0.25) is 0 Å². The molecule has 0 atom stereocenters. The molecule has 2 heterocycles. The number of hydrogen-bond donors (Lipinski definition) is 3. The molecular weight excluding hydrogens is 244 g/mol. The number of carbonyl (C=O) groups excluding carboxylic acids is 1. The van der Waals surface area contributed by atoms with Gasteiger partial charge in [0.15, 0.2) is 0 Å². The lowest BCUT2D eigenvalue weighted by molar-refractivity contribution is 0.262. The Hall–Kier alpha value is -2.44. The van der Waals surface area contributed by atoms with Crippen LogP contribution in [0.3, 0.4) is 0 Å². The maximum Gasteiger partial charge on any atom is 0.323 e. The predicted molar refractivity (Wildman–Crippen MR) is 70.0 cm³/mol. The van der Waals surface area contributed by atoms with Gasteiger partial charge in [0.1, 0.15) is 5.82 Å². The van der Waals surface area contributed by atoms with Gasteiger partial charge in [0.25, 0.3) is 0 Å². The number of urea groups is 1. The van der Waals surface area contributed by atoms with Crippen LogP contribution in [0.4, 0.5) is 16.2 Å². The third-order valence-electron chi connectivity index (χ3n) is 2.94. The first-order valence-electron chi connectivity index (χ1n) is 6.12. The largest absolute Gasteiger partial charge is 0.323 e. The van der Waals surface area contributed by atoms with E-state index in [0.717, 1.165) is 24.2 Å². The Morgan fingerprint density at radius 3 is 2.68 bits per heavy atom. The summed E-state index contributed by atoms with van der Waals surface area (Å²) < 4.78 is 0. The van der Waals surface area contributed by atoms with Crippen molar-refractivity contribution in [3.63, 3.8) is 0 Å². The van der Waals surface area contributed by atoms with Gasteiger partial charge in [0, 0.05) is 5.92 Å². The molecule has 0 aromatic carbocycles. The summed E-state index contributed by atoms with van der Waals surface area (Å²) in [5.74, 6) is 1.16. The molecule has 0 radical (unpaired) electrons. The van der Waals surface area contributed by atoms with Gasteiger partial charge in [0.05, 0.1) is 35.7 Å². The number of rotatable bonds is 3. The van der Waals surface area contributed by atoms with Crippen LogP contribution in [0.25, 0.3) is 0 Å². The number of aromatic nitrogens is 4. The van der Waals surface area contributed by atoms with Gasteiger partial charge in [-0.25, -0.2) is 14.8 Å². The molecule has 2 aromatic heterocycles. The standard InChI is InChI=1S/C12H14N6O/c1-7-13-4-9(5-14-7)16-12(19)17-10-6-15-18-11(10)8-2-3-8/h4-6,8H,2-3H2,1H3,(H,15,18)(H2,16,17,19). The summed E-state index contributed by atoms with van der Waals surface area (Å²) >= 11 is 0. The van der Waals surface area contributed by atoms with E-state index in [4.69, 9.17) is 0 Å². The van der Waals surface area contributed by atoms with Gasteiger partial charge in [-0.1, -0.05) is 0 Å². The molecule has 0 spiro atoms. The van der Waals surface area contributed by atoms with E-state index in [2.05, 4.69) is 30.8 Å². The molecule has 1 aliphatic rings. The zero-order valence-corrected chi connectivity index (χ0v) is 10.5. The van der Waals surface area contributed by atoms with Crippen LogP contribution in [0, 0.1) is 6.92 Å². The fourth-order valence-electron chi connectivity index (χ4n) is 1.82. The lowest BCUT2D eigenvalue weighted by atomic mass is 10.2. The summed E-state index contributed by atoms with van der Waals surface area (Å²) in [4.78, 5) is 19.9. The first kappa shape index (κ1) is 11.6.